The third-order valence-electron chi connectivity index (χ3n) is 4.61. The van der Waals surface area contributed by atoms with Crippen LogP contribution in [-0.4, -0.2) is 24.5 Å². The van der Waals surface area contributed by atoms with Crippen molar-refractivity contribution in [3.8, 4) is 11.1 Å². The second-order valence-electron chi connectivity index (χ2n) is 6.94. The van der Waals surface area contributed by atoms with Gasteiger partial charge in [-0.3, -0.25) is 9.59 Å². The van der Waals surface area contributed by atoms with Crippen molar-refractivity contribution in [2.24, 2.45) is 5.73 Å². The lowest BCUT2D eigenvalue weighted by atomic mass is 10.0. The zero-order chi connectivity index (χ0) is 22.9. The van der Waals surface area contributed by atoms with Crippen molar-refractivity contribution in [1.29, 1.82) is 0 Å². The maximum Gasteiger partial charge on any atom is 0.312 e. The first-order valence-corrected chi connectivity index (χ1v) is 10.2. The lowest BCUT2D eigenvalue weighted by Gasteiger charge is -2.17. The van der Waals surface area contributed by atoms with Gasteiger partial charge in [0.2, 0.25) is 0 Å². The molecule has 3 rings (SSSR count). The Morgan fingerprint density at radius 2 is 1.56 bits per heavy atom. The molecule has 1 unspecified atom stereocenters. The largest absolute Gasteiger partial charge is 0.455 e. The average molecular weight is 452 g/mol. The summed E-state index contributed by atoms with van der Waals surface area (Å²) in [4.78, 5) is 36.0. The number of hydrogen-bond donors (Lipinski definition) is 3. The maximum absolute atomic E-state index is 12.4. The van der Waals surface area contributed by atoms with Crippen molar-refractivity contribution < 1.29 is 19.1 Å². The van der Waals surface area contributed by atoms with Gasteiger partial charge in [-0.25, -0.2) is 4.79 Å². The van der Waals surface area contributed by atoms with Crippen LogP contribution >= 0.6 is 11.6 Å². The van der Waals surface area contributed by atoms with Crippen molar-refractivity contribution in [2.75, 3.05) is 11.9 Å². The van der Waals surface area contributed by atoms with E-state index in [4.69, 9.17) is 22.1 Å². The molecule has 0 fully saturated rings. The summed E-state index contributed by atoms with van der Waals surface area (Å²) in [5.74, 6) is -1.14. The quantitative estimate of drug-likeness (QED) is 0.443. The van der Waals surface area contributed by atoms with Crippen molar-refractivity contribution in [2.45, 2.75) is 12.5 Å². The second-order valence-corrected chi connectivity index (χ2v) is 7.37. The molecule has 0 radical (unpaired) electrons. The smallest absolute Gasteiger partial charge is 0.312 e. The van der Waals surface area contributed by atoms with Gasteiger partial charge >= 0.3 is 12.0 Å². The van der Waals surface area contributed by atoms with Gasteiger partial charge < -0.3 is 21.1 Å². The molecule has 4 N–H and O–H groups in total. The Bertz CT molecular complexity index is 1090. The molecule has 0 heterocycles. The molecule has 3 aromatic carbocycles. The van der Waals surface area contributed by atoms with Gasteiger partial charge in [-0.2, -0.15) is 0 Å². The predicted molar refractivity (Wildman–Crippen MR) is 123 cm³/mol. The number of amides is 3. The fourth-order valence-corrected chi connectivity index (χ4v) is 3.26. The van der Waals surface area contributed by atoms with E-state index in [1.54, 1.807) is 36.4 Å². The molecule has 164 valence electrons. The number of esters is 1. The molecule has 0 aliphatic carbocycles. The van der Waals surface area contributed by atoms with Gasteiger partial charge in [0.05, 0.1) is 12.5 Å². The van der Waals surface area contributed by atoms with Crippen LogP contribution in [0.2, 0.25) is 5.02 Å². The van der Waals surface area contributed by atoms with Crippen LogP contribution in [0.5, 0.6) is 0 Å². The minimum absolute atomic E-state index is 0.196. The van der Waals surface area contributed by atoms with Gasteiger partial charge in [-0.1, -0.05) is 72.3 Å². The Balaban J connectivity index is 1.59. The van der Waals surface area contributed by atoms with Gasteiger partial charge in [-0.15, -0.1) is 0 Å². The van der Waals surface area contributed by atoms with Gasteiger partial charge in [-0.05, 0) is 29.3 Å². The van der Waals surface area contributed by atoms with E-state index >= 15 is 0 Å². The minimum Gasteiger partial charge on any atom is -0.455 e. The van der Waals surface area contributed by atoms with Crippen LogP contribution in [0.1, 0.15) is 18.0 Å². The van der Waals surface area contributed by atoms with Crippen LogP contribution in [0.3, 0.4) is 0 Å². The highest BCUT2D eigenvalue weighted by Gasteiger charge is 2.19. The van der Waals surface area contributed by atoms with E-state index in [-0.39, 0.29) is 6.42 Å². The van der Waals surface area contributed by atoms with Crippen LogP contribution in [0.15, 0.2) is 78.9 Å². The highest BCUT2D eigenvalue weighted by atomic mass is 35.5. The molecule has 0 bridgehead atoms. The number of hydrogen-bond acceptors (Lipinski definition) is 4. The van der Waals surface area contributed by atoms with Crippen molar-refractivity contribution >= 4 is 35.2 Å². The third kappa shape index (κ3) is 6.58. The molecule has 1 atom stereocenters. The number of para-hydroxylation sites is 1. The molecule has 0 saturated carbocycles. The van der Waals surface area contributed by atoms with Crippen molar-refractivity contribution in [3.05, 3.63) is 89.4 Å². The van der Waals surface area contributed by atoms with E-state index in [0.29, 0.717) is 16.3 Å². The summed E-state index contributed by atoms with van der Waals surface area (Å²) < 4.78 is 5.11. The molecular formula is C24H22ClN3O4. The summed E-state index contributed by atoms with van der Waals surface area (Å²) >= 11 is 5.88. The SMILES string of the molecule is NC(=O)NC(CC(=O)OCC(=O)Nc1ccccc1-c1ccccc1)c1ccc(Cl)cc1. The number of anilines is 1. The number of benzene rings is 3. The van der Waals surface area contributed by atoms with Gasteiger partial charge in [0.25, 0.3) is 5.91 Å². The highest BCUT2D eigenvalue weighted by Crippen LogP contribution is 2.27. The number of nitrogens with two attached hydrogens (primary N) is 1. The first-order chi connectivity index (χ1) is 15.4. The number of carbonyl (C=O) groups excluding carboxylic acids is 3. The fraction of sp³-hybridized carbons (Fsp3) is 0.125. The van der Waals surface area contributed by atoms with Crippen LogP contribution in [0, 0.1) is 0 Å². The highest BCUT2D eigenvalue weighted by molar-refractivity contribution is 6.30. The Morgan fingerprint density at radius 1 is 0.906 bits per heavy atom. The van der Waals surface area contributed by atoms with Crippen molar-refractivity contribution in [1.82, 2.24) is 5.32 Å². The molecule has 0 saturated heterocycles. The fourth-order valence-electron chi connectivity index (χ4n) is 3.14. The number of rotatable bonds is 8. The summed E-state index contributed by atoms with van der Waals surface area (Å²) in [7, 11) is 0. The number of urea groups is 1. The molecule has 3 aromatic rings. The lowest BCUT2D eigenvalue weighted by Crippen LogP contribution is -2.35. The van der Waals surface area contributed by atoms with Crippen LogP contribution < -0.4 is 16.4 Å². The summed E-state index contributed by atoms with van der Waals surface area (Å²) in [6.45, 7) is -0.466. The van der Waals surface area contributed by atoms with E-state index in [2.05, 4.69) is 10.6 Å². The van der Waals surface area contributed by atoms with Crippen molar-refractivity contribution in [3.63, 3.8) is 0 Å². The molecule has 3 amide bonds. The van der Waals surface area contributed by atoms with Gasteiger partial charge in [0.1, 0.15) is 0 Å². The van der Waals surface area contributed by atoms with E-state index < -0.39 is 30.6 Å². The molecule has 32 heavy (non-hydrogen) atoms. The molecule has 7 nitrogen and oxygen atoms in total. The summed E-state index contributed by atoms with van der Waals surface area (Å²) in [6.07, 6.45) is -0.196. The second kappa shape index (κ2) is 11.0. The van der Waals surface area contributed by atoms with Gasteiger partial charge in [0, 0.05) is 16.3 Å². The van der Waals surface area contributed by atoms with E-state index in [0.717, 1.165) is 11.1 Å². The molecule has 0 spiro atoms. The molecule has 0 aromatic heterocycles. The normalized spacial score (nSPS) is 11.3. The van der Waals surface area contributed by atoms with Gasteiger partial charge in [0.15, 0.2) is 6.61 Å². The summed E-state index contributed by atoms with van der Waals surface area (Å²) in [5, 5.41) is 5.78. The zero-order valence-corrected chi connectivity index (χ0v) is 17.8. The monoisotopic (exact) mass is 451 g/mol. The molecule has 8 heteroatoms. The Hall–Kier alpha value is -3.84. The van der Waals surface area contributed by atoms with E-state index in [1.807, 2.05) is 42.5 Å². The summed E-state index contributed by atoms with van der Waals surface area (Å²) in [5.41, 5.74) is 8.25. The molecule has 0 aliphatic heterocycles. The Labute approximate surface area is 190 Å². The van der Waals surface area contributed by atoms with E-state index in [1.165, 1.54) is 0 Å². The maximum atomic E-state index is 12.4. The zero-order valence-electron chi connectivity index (χ0n) is 17.1. The number of ether oxygens (including phenoxy) is 1. The minimum atomic E-state index is -0.784. The average Bonchev–Trinajstić information content (AvgIpc) is 2.78. The predicted octanol–water partition coefficient (Wildman–Crippen LogP) is 4.29. The summed E-state index contributed by atoms with van der Waals surface area (Å²) in [6, 6.07) is 22.1. The third-order valence-corrected chi connectivity index (χ3v) is 4.86. The number of halogens is 1. The molecule has 0 aliphatic rings. The Morgan fingerprint density at radius 3 is 2.25 bits per heavy atom. The first kappa shape index (κ1) is 22.8. The molecular weight excluding hydrogens is 430 g/mol. The number of nitrogens with one attached hydrogen (secondary N) is 2. The van der Waals surface area contributed by atoms with Crippen LogP contribution in [0.25, 0.3) is 11.1 Å². The van der Waals surface area contributed by atoms with Crippen LogP contribution in [-0.2, 0) is 14.3 Å². The van der Waals surface area contributed by atoms with Crippen LogP contribution in [0.4, 0.5) is 10.5 Å². The topological polar surface area (TPSA) is 111 Å². The standard InChI is InChI=1S/C24H22ClN3O4/c25-18-12-10-17(11-13-18)21(28-24(26)31)14-23(30)32-15-22(29)27-20-9-5-4-8-19(20)16-6-2-1-3-7-16/h1-13,21H,14-15H2,(H,27,29)(H3,26,28,31). The Kier molecular flexibility index (Phi) is 7.83. The number of primary amides is 1. The van der Waals surface area contributed by atoms with E-state index in [9.17, 15) is 14.4 Å². The lowest BCUT2D eigenvalue weighted by molar-refractivity contribution is -0.147. The first-order valence-electron chi connectivity index (χ1n) is 9.83. The number of carbonyl (C=O) groups is 3.